The number of methoxy groups -OCH3 is 1. The van der Waals surface area contributed by atoms with E-state index in [-0.39, 0.29) is 17.7 Å². The van der Waals surface area contributed by atoms with Gasteiger partial charge in [0.05, 0.1) is 38.5 Å². The Morgan fingerprint density at radius 2 is 2.21 bits per heavy atom. The molecule has 4 heterocycles. The summed E-state index contributed by atoms with van der Waals surface area (Å²) < 4.78 is 19.1. The highest BCUT2D eigenvalue weighted by molar-refractivity contribution is 5.96. The molecule has 0 aromatic heterocycles. The molecule has 5 atom stereocenters. The highest BCUT2D eigenvalue weighted by atomic mass is 16.6. The molecule has 1 aromatic carbocycles. The number of nitrogens with one attached hydrogen (secondary N) is 1. The molecule has 4 aliphatic rings. The van der Waals surface area contributed by atoms with Crippen molar-refractivity contribution in [2.24, 2.45) is 11.8 Å². The molecule has 0 radical (unpaired) electrons. The van der Waals surface area contributed by atoms with Crippen molar-refractivity contribution in [2.45, 2.75) is 50.5 Å². The van der Waals surface area contributed by atoms with Gasteiger partial charge >= 0.3 is 0 Å². The fourth-order valence-corrected chi connectivity index (χ4v) is 6.99. The molecule has 1 aromatic rings. The van der Waals surface area contributed by atoms with E-state index in [1.54, 1.807) is 13.2 Å². The van der Waals surface area contributed by atoms with Gasteiger partial charge in [-0.3, -0.25) is 9.69 Å². The van der Waals surface area contributed by atoms with Gasteiger partial charge in [0.15, 0.2) is 17.2 Å². The summed E-state index contributed by atoms with van der Waals surface area (Å²) in [5, 5.41) is 13.3. The van der Waals surface area contributed by atoms with Gasteiger partial charge in [-0.1, -0.05) is 19.4 Å². The van der Waals surface area contributed by atoms with E-state index >= 15 is 0 Å². The second-order valence-corrected chi connectivity index (χ2v) is 9.66. The molecule has 0 saturated carbocycles. The average Bonchev–Trinajstić information content (AvgIpc) is 3.19. The van der Waals surface area contributed by atoms with Gasteiger partial charge in [-0.25, -0.2) is 4.85 Å². The molecule has 0 amide bonds. The van der Waals surface area contributed by atoms with Crippen molar-refractivity contribution in [3.63, 3.8) is 0 Å². The SMILES string of the molecule is [C-]#[N+]c1cc2c(c(OC)c1)[C@@]13CCN4C[C@@H](CC)[C@@H](/C(=C\C)C(=O)CO)C[C@H]4[C@]1(N2)OCCO3. The Morgan fingerprint density at radius 3 is 2.88 bits per heavy atom. The maximum Gasteiger partial charge on any atom is 0.192 e. The molecule has 0 bridgehead atoms. The number of nitrogens with zero attached hydrogens (tertiary/aromatic N) is 2. The first-order chi connectivity index (χ1) is 16.5. The van der Waals surface area contributed by atoms with Crippen LogP contribution >= 0.6 is 0 Å². The van der Waals surface area contributed by atoms with Crippen LogP contribution in [0.2, 0.25) is 0 Å². The fourth-order valence-electron chi connectivity index (χ4n) is 6.99. The number of carbonyl (C=O) groups excluding carboxylic acids is 1. The minimum atomic E-state index is -0.849. The Morgan fingerprint density at radius 1 is 1.41 bits per heavy atom. The molecule has 0 aliphatic carbocycles. The Balaban J connectivity index is 1.62. The van der Waals surface area contributed by atoms with Crippen molar-refractivity contribution < 1.29 is 24.1 Å². The summed E-state index contributed by atoms with van der Waals surface area (Å²) in [7, 11) is 1.63. The van der Waals surface area contributed by atoms with Crippen molar-refractivity contribution in [1.82, 2.24) is 4.90 Å². The zero-order chi connectivity index (χ0) is 24.1. The third kappa shape index (κ3) is 3.07. The zero-order valence-corrected chi connectivity index (χ0v) is 20.1. The molecule has 5 rings (SSSR count). The third-order valence-electron chi connectivity index (χ3n) is 8.40. The molecule has 4 aliphatic heterocycles. The number of aliphatic hydroxyl groups is 1. The first-order valence-corrected chi connectivity index (χ1v) is 12.2. The first kappa shape index (κ1) is 23.3. The van der Waals surface area contributed by atoms with Crippen LogP contribution in [0, 0.1) is 18.4 Å². The van der Waals surface area contributed by atoms with Crippen LogP contribution in [0.15, 0.2) is 23.8 Å². The zero-order valence-electron chi connectivity index (χ0n) is 20.1. The van der Waals surface area contributed by atoms with E-state index in [9.17, 15) is 9.90 Å². The van der Waals surface area contributed by atoms with E-state index in [1.165, 1.54) is 0 Å². The quantitative estimate of drug-likeness (QED) is 0.508. The van der Waals surface area contributed by atoms with Crippen LogP contribution in [0.4, 0.5) is 11.4 Å². The topological polar surface area (TPSA) is 84.6 Å². The predicted octanol–water partition coefficient (Wildman–Crippen LogP) is 3.24. The largest absolute Gasteiger partial charge is 0.498 e. The van der Waals surface area contributed by atoms with E-state index < -0.39 is 17.9 Å². The molecular formula is C26H33N3O5. The predicted molar refractivity (Wildman–Crippen MR) is 127 cm³/mol. The lowest BCUT2D eigenvalue weighted by atomic mass is 9.66. The molecule has 3 fully saturated rings. The van der Waals surface area contributed by atoms with Crippen LogP contribution in [-0.2, 0) is 19.9 Å². The molecule has 8 nitrogen and oxygen atoms in total. The minimum Gasteiger partial charge on any atom is -0.498 e. The normalized spacial score (nSPS) is 34.7. The highest BCUT2D eigenvalue weighted by Crippen LogP contribution is 2.62. The van der Waals surface area contributed by atoms with Crippen molar-refractivity contribution in [1.29, 1.82) is 0 Å². The number of piperidine rings is 2. The van der Waals surface area contributed by atoms with E-state index in [0.717, 1.165) is 37.2 Å². The molecule has 3 saturated heterocycles. The van der Waals surface area contributed by atoms with Gasteiger partial charge in [-0.2, -0.15) is 0 Å². The summed E-state index contributed by atoms with van der Waals surface area (Å²) >= 11 is 0. The third-order valence-corrected chi connectivity index (χ3v) is 8.40. The lowest BCUT2D eigenvalue weighted by molar-refractivity contribution is -0.297. The summed E-state index contributed by atoms with van der Waals surface area (Å²) in [5.74, 6) is 0.780. The molecule has 34 heavy (non-hydrogen) atoms. The summed E-state index contributed by atoms with van der Waals surface area (Å²) in [5.41, 5.74) is 1.36. The molecule has 182 valence electrons. The molecular weight excluding hydrogens is 434 g/mol. The van der Waals surface area contributed by atoms with Gasteiger partial charge in [0.1, 0.15) is 18.0 Å². The highest BCUT2D eigenvalue weighted by Gasteiger charge is 2.70. The van der Waals surface area contributed by atoms with E-state index in [2.05, 4.69) is 22.0 Å². The Hall–Kier alpha value is -2.44. The number of hydrogen-bond donors (Lipinski definition) is 2. The van der Waals surface area contributed by atoms with Gasteiger partial charge in [0, 0.05) is 18.8 Å². The number of carbonyl (C=O) groups is 1. The number of benzene rings is 1. The number of hydrogen-bond acceptors (Lipinski definition) is 7. The number of ketones is 1. The first-order valence-electron chi connectivity index (χ1n) is 12.2. The van der Waals surface area contributed by atoms with Gasteiger partial charge < -0.3 is 24.6 Å². The van der Waals surface area contributed by atoms with Crippen molar-refractivity contribution in [3.8, 4) is 5.75 Å². The van der Waals surface area contributed by atoms with Crippen molar-refractivity contribution in [2.75, 3.05) is 45.3 Å². The number of aliphatic hydroxyl groups excluding tert-OH is 1. The van der Waals surface area contributed by atoms with Crippen LogP contribution in [0.5, 0.6) is 5.75 Å². The van der Waals surface area contributed by atoms with Gasteiger partial charge in [-0.15, -0.1) is 0 Å². The van der Waals surface area contributed by atoms with Crippen LogP contribution < -0.4 is 10.1 Å². The second-order valence-electron chi connectivity index (χ2n) is 9.66. The Labute approximate surface area is 200 Å². The van der Waals surface area contributed by atoms with Crippen molar-refractivity contribution >= 4 is 17.2 Å². The lowest BCUT2D eigenvalue weighted by Crippen LogP contribution is -2.75. The Bertz CT molecular complexity index is 1070. The number of Topliss-reactive ketones (excluding diaryl/α,β-unsaturated/α-hetero) is 1. The maximum absolute atomic E-state index is 12.7. The van der Waals surface area contributed by atoms with E-state index in [1.807, 2.05) is 19.1 Å². The van der Waals surface area contributed by atoms with Gasteiger partial charge in [0.2, 0.25) is 0 Å². The van der Waals surface area contributed by atoms with Crippen molar-refractivity contribution in [3.05, 3.63) is 40.8 Å². The number of ether oxygens (including phenoxy) is 3. The number of rotatable bonds is 5. The molecule has 0 unspecified atom stereocenters. The van der Waals surface area contributed by atoms with Gasteiger partial charge in [-0.05, 0) is 49.3 Å². The smallest absolute Gasteiger partial charge is 0.192 e. The monoisotopic (exact) mass is 467 g/mol. The summed E-state index contributed by atoms with van der Waals surface area (Å²) in [4.78, 5) is 18.8. The van der Waals surface area contributed by atoms with Crippen LogP contribution in [0.3, 0.4) is 0 Å². The number of fused-ring (bicyclic) bond motifs is 2. The molecule has 2 N–H and O–H groups in total. The number of anilines is 1. The summed E-state index contributed by atoms with van der Waals surface area (Å²) in [6, 6.07) is 3.58. The Kier molecular flexibility index (Phi) is 5.93. The molecule has 8 heteroatoms. The van der Waals surface area contributed by atoms with Crippen LogP contribution in [0.25, 0.3) is 4.85 Å². The average molecular weight is 468 g/mol. The van der Waals surface area contributed by atoms with E-state index in [0.29, 0.717) is 42.6 Å². The van der Waals surface area contributed by atoms with Gasteiger partial charge in [0.25, 0.3) is 0 Å². The maximum atomic E-state index is 12.7. The second kappa shape index (κ2) is 8.65. The van der Waals surface area contributed by atoms with Crippen LogP contribution in [-0.4, -0.2) is 67.6 Å². The standard InChI is InChI=1S/C26H33N3O5/c1-5-16-14-29-8-7-25-24-20(11-17(27-3)12-22(24)32-4)28-26(25,34-10-9-33-25)23(29)13-19(16)18(6-2)21(31)15-30/h6,11-12,16,19,23,28,30H,5,7-10,13-15H2,1-2,4H3/b18-6+/t16-,19+,23+,25+,26+/m1/s1. The molecule has 0 spiro atoms. The van der Waals surface area contributed by atoms with E-state index in [4.69, 9.17) is 20.8 Å². The van der Waals surface area contributed by atoms with Crippen LogP contribution in [0.1, 0.15) is 38.7 Å². The minimum absolute atomic E-state index is 0.0258. The lowest BCUT2D eigenvalue weighted by Gasteiger charge is -2.61. The summed E-state index contributed by atoms with van der Waals surface area (Å²) in [6.45, 7) is 13.7. The summed E-state index contributed by atoms with van der Waals surface area (Å²) in [6.07, 6.45) is 4.28. The number of allylic oxidation sites excluding steroid dienone is 1. The fraction of sp³-hybridized carbons (Fsp3) is 0.615.